The second kappa shape index (κ2) is 6.27. The molecule has 0 radical (unpaired) electrons. The van der Waals surface area contributed by atoms with E-state index in [1.807, 2.05) is 24.3 Å². The van der Waals surface area contributed by atoms with Crippen LogP contribution in [-0.4, -0.2) is 18.3 Å². The minimum absolute atomic E-state index is 0.294. The number of rotatable bonds is 6. The van der Waals surface area contributed by atoms with Gasteiger partial charge in [0.25, 0.3) is 0 Å². The largest absolute Gasteiger partial charge is 0.399 e. The quantitative estimate of drug-likeness (QED) is 0.478. The molecule has 0 fully saturated rings. The van der Waals surface area contributed by atoms with Crippen molar-refractivity contribution in [2.24, 2.45) is 0 Å². The SMILES string of the molecule is Nc1ccc(NCCCCCO)cc1. The van der Waals surface area contributed by atoms with E-state index in [0.29, 0.717) is 6.61 Å². The summed E-state index contributed by atoms with van der Waals surface area (Å²) in [6.45, 7) is 1.24. The van der Waals surface area contributed by atoms with Crippen molar-refractivity contribution >= 4 is 11.4 Å². The van der Waals surface area contributed by atoms with Crippen molar-refractivity contribution in [2.45, 2.75) is 19.3 Å². The third-order valence-electron chi connectivity index (χ3n) is 2.07. The number of anilines is 2. The van der Waals surface area contributed by atoms with Gasteiger partial charge in [-0.1, -0.05) is 0 Å². The number of unbranched alkanes of at least 4 members (excludes halogenated alkanes) is 2. The van der Waals surface area contributed by atoms with Crippen LogP contribution in [-0.2, 0) is 0 Å². The fourth-order valence-electron chi connectivity index (χ4n) is 1.25. The third-order valence-corrected chi connectivity index (χ3v) is 2.07. The van der Waals surface area contributed by atoms with Crippen molar-refractivity contribution in [2.75, 3.05) is 24.2 Å². The monoisotopic (exact) mass is 194 g/mol. The maximum atomic E-state index is 8.58. The van der Waals surface area contributed by atoms with Gasteiger partial charge in [-0.15, -0.1) is 0 Å². The van der Waals surface area contributed by atoms with Gasteiger partial charge in [0.1, 0.15) is 0 Å². The van der Waals surface area contributed by atoms with Gasteiger partial charge in [0.15, 0.2) is 0 Å². The number of nitrogens with two attached hydrogens (primary N) is 1. The lowest BCUT2D eigenvalue weighted by Gasteiger charge is -2.05. The highest BCUT2D eigenvalue weighted by atomic mass is 16.2. The summed E-state index contributed by atoms with van der Waals surface area (Å²) in [5, 5.41) is 11.9. The Bertz CT molecular complexity index is 246. The molecule has 4 N–H and O–H groups in total. The molecule has 14 heavy (non-hydrogen) atoms. The van der Waals surface area contributed by atoms with Gasteiger partial charge in [-0.05, 0) is 43.5 Å². The van der Waals surface area contributed by atoms with Crippen molar-refractivity contribution in [1.82, 2.24) is 0 Å². The molecule has 0 atom stereocenters. The zero-order valence-corrected chi connectivity index (χ0v) is 8.37. The van der Waals surface area contributed by atoms with Crippen LogP contribution in [0.4, 0.5) is 11.4 Å². The highest BCUT2D eigenvalue weighted by molar-refractivity contribution is 5.50. The summed E-state index contributed by atoms with van der Waals surface area (Å²) in [4.78, 5) is 0. The predicted octanol–water partition coefficient (Wildman–Crippen LogP) is 1.84. The van der Waals surface area contributed by atoms with Crippen LogP contribution < -0.4 is 11.1 Å². The molecule has 1 rings (SSSR count). The second-order valence-corrected chi connectivity index (χ2v) is 3.33. The van der Waals surface area contributed by atoms with Crippen LogP contribution >= 0.6 is 0 Å². The summed E-state index contributed by atoms with van der Waals surface area (Å²) in [6.07, 6.45) is 3.05. The average Bonchev–Trinajstić information content (AvgIpc) is 2.21. The number of aliphatic hydroxyl groups is 1. The maximum absolute atomic E-state index is 8.58. The lowest BCUT2D eigenvalue weighted by Crippen LogP contribution is -2.01. The summed E-state index contributed by atoms with van der Waals surface area (Å²) in [5.41, 5.74) is 7.45. The molecular formula is C11H18N2O. The molecule has 1 aromatic carbocycles. The molecule has 0 aromatic heterocycles. The number of aliphatic hydroxyl groups excluding tert-OH is 1. The highest BCUT2D eigenvalue weighted by Gasteiger charge is 1.91. The number of benzene rings is 1. The van der Waals surface area contributed by atoms with Crippen LogP contribution in [0.2, 0.25) is 0 Å². The standard InChI is InChI=1S/C11H18N2O/c12-10-4-6-11(7-5-10)13-8-2-1-3-9-14/h4-7,13-14H,1-3,8-9,12H2. The number of hydrogen-bond acceptors (Lipinski definition) is 3. The molecule has 0 bridgehead atoms. The first kappa shape index (κ1) is 10.9. The van der Waals surface area contributed by atoms with Gasteiger partial charge in [-0.3, -0.25) is 0 Å². The zero-order chi connectivity index (χ0) is 10.2. The molecule has 0 aliphatic heterocycles. The van der Waals surface area contributed by atoms with Crippen molar-refractivity contribution in [3.63, 3.8) is 0 Å². The second-order valence-electron chi connectivity index (χ2n) is 3.33. The zero-order valence-electron chi connectivity index (χ0n) is 8.37. The summed E-state index contributed by atoms with van der Waals surface area (Å²) >= 11 is 0. The Hall–Kier alpha value is -1.22. The summed E-state index contributed by atoms with van der Waals surface area (Å²) in [6, 6.07) is 7.72. The number of nitrogen functional groups attached to an aromatic ring is 1. The molecule has 0 spiro atoms. The molecule has 3 heteroatoms. The third kappa shape index (κ3) is 4.14. The van der Waals surface area contributed by atoms with E-state index in [2.05, 4.69) is 5.32 Å². The first-order valence-electron chi connectivity index (χ1n) is 5.03. The fourth-order valence-corrected chi connectivity index (χ4v) is 1.25. The highest BCUT2D eigenvalue weighted by Crippen LogP contribution is 2.10. The van der Waals surface area contributed by atoms with Gasteiger partial charge in [0.2, 0.25) is 0 Å². The van der Waals surface area contributed by atoms with Crippen LogP contribution in [0.15, 0.2) is 24.3 Å². The number of nitrogens with one attached hydrogen (secondary N) is 1. The molecule has 1 aromatic rings. The van der Waals surface area contributed by atoms with Crippen molar-refractivity contribution < 1.29 is 5.11 Å². The van der Waals surface area contributed by atoms with E-state index in [9.17, 15) is 0 Å². The average molecular weight is 194 g/mol. The molecule has 0 saturated carbocycles. The number of hydrogen-bond donors (Lipinski definition) is 3. The molecule has 0 heterocycles. The van der Waals surface area contributed by atoms with Crippen molar-refractivity contribution in [1.29, 1.82) is 0 Å². The van der Waals surface area contributed by atoms with E-state index >= 15 is 0 Å². The van der Waals surface area contributed by atoms with Crippen LogP contribution in [0.5, 0.6) is 0 Å². The first-order chi connectivity index (χ1) is 6.83. The van der Waals surface area contributed by atoms with Gasteiger partial charge in [-0.25, -0.2) is 0 Å². The minimum atomic E-state index is 0.294. The van der Waals surface area contributed by atoms with Crippen LogP contribution in [0.1, 0.15) is 19.3 Å². The molecule has 0 amide bonds. The molecule has 3 nitrogen and oxygen atoms in total. The Kier molecular flexibility index (Phi) is 4.86. The fraction of sp³-hybridized carbons (Fsp3) is 0.455. The lowest BCUT2D eigenvalue weighted by molar-refractivity contribution is 0.283. The van der Waals surface area contributed by atoms with Gasteiger partial charge >= 0.3 is 0 Å². The Balaban J connectivity index is 2.15. The minimum Gasteiger partial charge on any atom is -0.399 e. The van der Waals surface area contributed by atoms with E-state index in [0.717, 1.165) is 37.2 Å². The molecule has 0 unspecified atom stereocenters. The Morgan fingerprint density at radius 2 is 1.79 bits per heavy atom. The van der Waals surface area contributed by atoms with Gasteiger partial charge in [-0.2, -0.15) is 0 Å². The molecular weight excluding hydrogens is 176 g/mol. The maximum Gasteiger partial charge on any atom is 0.0431 e. The van der Waals surface area contributed by atoms with E-state index in [4.69, 9.17) is 10.8 Å². The molecule has 78 valence electrons. The van der Waals surface area contributed by atoms with Crippen molar-refractivity contribution in [3.8, 4) is 0 Å². The lowest BCUT2D eigenvalue weighted by atomic mass is 10.2. The summed E-state index contributed by atoms with van der Waals surface area (Å²) in [7, 11) is 0. The van der Waals surface area contributed by atoms with Crippen LogP contribution in [0, 0.1) is 0 Å². The van der Waals surface area contributed by atoms with Crippen molar-refractivity contribution in [3.05, 3.63) is 24.3 Å². The summed E-state index contributed by atoms with van der Waals surface area (Å²) in [5.74, 6) is 0. The topological polar surface area (TPSA) is 58.3 Å². The van der Waals surface area contributed by atoms with Crippen LogP contribution in [0.25, 0.3) is 0 Å². The smallest absolute Gasteiger partial charge is 0.0431 e. The van der Waals surface area contributed by atoms with Gasteiger partial charge in [0, 0.05) is 24.5 Å². The van der Waals surface area contributed by atoms with Gasteiger partial charge < -0.3 is 16.2 Å². The first-order valence-corrected chi connectivity index (χ1v) is 5.03. The molecule has 0 aliphatic carbocycles. The van der Waals surface area contributed by atoms with Gasteiger partial charge in [0.05, 0.1) is 0 Å². The van der Waals surface area contributed by atoms with E-state index in [-0.39, 0.29) is 0 Å². The van der Waals surface area contributed by atoms with E-state index in [1.165, 1.54) is 0 Å². The summed E-state index contributed by atoms with van der Waals surface area (Å²) < 4.78 is 0. The molecule has 0 aliphatic rings. The Morgan fingerprint density at radius 3 is 2.43 bits per heavy atom. The van der Waals surface area contributed by atoms with E-state index < -0.39 is 0 Å². The normalized spacial score (nSPS) is 10.1. The van der Waals surface area contributed by atoms with Crippen LogP contribution in [0.3, 0.4) is 0 Å². The predicted molar refractivity (Wildman–Crippen MR) is 60.3 cm³/mol. The molecule has 0 saturated heterocycles. The van der Waals surface area contributed by atoms with E-state index in [1.54, 1.807) is 0 Å². The Morgan fingerprint density at radius 1 is 1.07 bits per heavy atom. The Labute approximate surface area is 84.9 Å².